The highest BCUT2D eigenvalue weighted by Gasteiger charge is 2.23. The summed E-state index contributed by atoms with van der Waals surface area (Å²) >= 11 is 0. The number of carbonyl (C=O) groups is 1. The van der Waals surface area contributed by atoms with Gasteiger partial charge < -0.3 is 0 Å². The molecule has 3 heterocycles. The standard InChI is InChI=1S/C19H17N7O/c1-12-5-8-15(19(27)24-20)18(26(12)17-4-2-3-9-21-17)23-14-7-6-13-11-22-25-16(13)10-14/h2-11H,20H2,1H3,(H2,22,24,25,27)/p+1. The molecule has 0 radical (unpaired) electrons. The first-order chi connectivity index (χ1) is 13.2. The lowest BCUT2D eigenvalue weighted by Crippen LogP contribution is -2.41. The molecule has 27 heavy (non-hydrogen) atoms. The number of hydrogen-bond donors (Lipinski definition) is 4. The molecule has 8 nitrogen and oxygen atoms in total. The van der Waals surface area contributed by atoms with Crippen LogP contribution in [-0.4, -0.2) is 21.1 Å². The third-order valence-electron chi connectivity index (χ3n) is 4.28. The van der Waals surface area contributed by atoms with Crippen molar-refractivity contribution in [3.05, 3.63) is 72.2 Å². The van der Waals surface area contributed by atoms with Gasteiger partial charge in [-0.25, -0.2) is 5.84 Å². The predicted octanol–water partition coefficient (Wildman–Crippen LogP) is 1.89. The molecular weight excluding hydrogens is 342 g/mol. The van der Waals surface area contributed by atoms with Gasteiger partial charge in [0, 0.05) is 17.5 Å². The van der Waals surface area contributed by atoms with Crippen LogP contribution in [0.2, 0.25) is 0 Å². The number of rotatable bonds is 4. The van der Waals surface area contributed by atoms with Crippen LogP contribution in [0.3, 0.4) is 0 Å². The molecule has 0 aliphatic rings. The van der Waals surface area contributed by atoms with Crippen molar-refractivity contribution in [2.45, 2.75) is 6.92 Å². The smallest absolute Gasteiger partial charge is 0.271 e. The second kappa shape index (κ2) is 6.85. The van der Waals surface area contributed by atoms with E-state index in [1.165, 1.54) is 0 Å². The molecule has 0 aliphatic carbocycles. The molecule has 1 aromatic carbocycles. The Balaban J connectivity index is 1.90. The first-order valence-corrected chi connectivity index (χ1v) is 8.35. The molecule has 0 saturated heterocycles. The van der Waals surface area contributed by atoms with Gasteiger partial charge >= 0.3 is 0 Å². The van der Waals surface area contributed by atoms with E-state index in [0.29, 0.717) is 17.2 Å². The Morgan fingerprint density at radius 3 is 2.85 bits per heavy atom. The van der Waals surface area contributed by atoms with Crippen LogP contribution >= 0.6 is 0 Å². The van der Waals surface area contributed by atoms with Crippen molar-refractivity contribution in [1.82, 2.24) is 20.6 Å². The molecule has 4 aromatic rings. The molecule has 0 fully saturated rings. The number of aromatic amines is 1. The van der Waals surface area contributed by atoms with Gasteiger partial charge in [0.1, 0.15) is 11.8 Å². The summed E-state index contributed by atoms with van der Waals surface area (Å²) < 4.78 is 1.88. The fourth-order valence-corrected chi connectivity index (χ4v) is 2.97. The molecule has 3 aromatic heterocycles. The Morgan fingerprint density at radius 1 is 1.19 bits per heavy atom. The van der Waals surface area contributed by atoms with Gasteiger partial charge in [0.2, 0.25) is 5.82 Å². The largest absolute Gasteiger partial charge is 0.290 e. The Morgan fingerprint density at radius 2 is 2.07 bits per heavy atom. The highest BCUT2D eigenvalue weighted by atomic mass is 16.2. The van der Waals surface area contributed by atoms with Gasteiger partial charge in [0.05, 0.1) is 23.1 Å². The van der Waals surface area contributed by atoms with Gasteiger partial charge in [-0.05, 0) is 37.3 Å². The zero-order valence-electron chi connectivity index (χ0n) is 14.6. The summed E-state index contributed by atoms with van der Waals surface area (Å²) in [4.78, 5) is 16.8. The Labute approximate surface area is 155 Å². The average molecular weight is 360 g/mol. The van der Waals surface area contributed by atoms with Crippen LogP contribution in [0.15, 0.2) is 60.9 Å². The van der Waals surface area contributed by atoms with Crippen LogP contribution in [-0.2, 0) is 0 Å². The summed E-state index contributed by atoms with van der Waals surface area (Å²) in [5.74, 6) is 6.24. The molecule has 8 heteroatoms. The van der Waals surface area contributed by atoms with E-state index >= 15 is 0 Å². The van der Waals surface area contributed by atoms with Gasteiger partial charge in [-0.15, -0.1) is 4.98 Å². The number of nitrogens with zero attached hydrogens (tertiary/aromatic N) is 3. The minimum Gasteiger partial charge on any atom is -0.290 e. The van der Waals surface area contributed by atoms with Crippen LogP contribution in [0.4, 0.5) is 11.5 Å². The summed E-state index contributed by atoms with van der Waals surface area (Å²) in [5.41, 5.74) is 5.20. The number of H-pyrrole nitrogens is 1. The van der Waals surface area contributed by atoms with Crippen LogP contribution in [0.25, 0.3) is 16.7 Å². The van der Waals surface area contributed by atoms with E-state index in [2.05, 4.69) is 25.9 Å². The number of nitrogens with two attached hydrogens (primary N) is 1. The lowest BCUT2D eigenvalue weighted by atomic mass is 10.2. The number of amides is 1. The van der Waals surface area contributed by atoms with E-state index in [0.717, 1.165) is 22.3 Å². The van der Waals surface area contributed by atoms with Crippen LogP contribution in [0, 0.1) is 6.92 Å². The number of aryl methyl sites for hydroxylation is 1. The molecule has 5 N–H and O–H groups in total. The van der Waals surface area contributed by atoms with Gasteiger partial charge in [0.25, 0.3) is 11.7 Å². The van der Waals surface area contributed by atoms with Crippen molar-refractivity contribution in [2.24, 2.45) is 5.84 Å². The first kappa shape index (κ1) is 16.7. The number of pyridine rings is 2. The number of hydrazine groups is 1. The summed E-state index contributed by atoms with van der Waals surface area (Å²) in [6.07, 6.45) is 3.46. The maximum absolute atomic E-state index is 12.4. The molecule has 4 rings (SSSR count). The predicted molar refractivity (Wildman–Crippen MR) is 102 cm³/mol. The molecular formula is C19H18N7O+. The molecule has 0 unspecified atom stereocenters. The maximum atomic E-state index is 12.4. The van der Waals surface area contributed by atoms with Gasteiger partial charge in [-0.3, -0.25) is 20.6 Å². The van der Waals surface area contributed by atoms with Crippen molar-refractivity contribution in [3.63, 3.8) is 0 Å². The normalized spacial score (nSPS) is 10.7. The van der Waals surface area contributed by atoms with Crippen molar-refractivity contribution in [1.29, 1.82) is 0 Å². The van der Waals surface area contributed by atoms with Crippen LogP contribution < -0.4 is 21.2 Å². The van der Waals surface area contributed by atoms with E-state index in [-0.39, 0.29) is 0 Å². The molecule has 0 aliphatic heterocycles. The average Bonchev–Trinajstić information content (AvgIpc) is 3.16. The lowest BCUT2D eigenvalue weighted by molar-refractivity contribution is -0.591. The quantitative estimate of drug-likeness (QED) is 0.192. The van der Waals surface area contributed by atoms with Crippen molar-refractivity contribution >= 4 is 28.3 Å². The zero-order valence-corrected chi connectivity index (χ0v) is 14.6. The minimum absolute atomic E-state index is 0.398. The Kier molecular flexibility index (Phi) is 4.23. The molecule has 0 saturated carbocycles. The number of nitrogens with one attached hydrogen (secondary N) is 3. The number of anilines is 2. The van der Waals surface area contributed by atoms with E-state index in [1.807, 2.05) is 54.0 Å². The Bertz CT molecular complexity index is 1120. The topological polar surface area (TPSA) is 113 Å². The number of aromatic nitrogens is 4. The third kappa shape index (κ3) is 3.09. The Hall–Kier alpha value is -3.78. The van der Waals surface area contributed by atoms with E-state index in [9.17, 15) is 4.79 Å². The monoisotopic (exact) mass is 360 g/mol. The van der Waals surface area contributed by atoms with E-state index in [4.69, 9.17) is 5.84 Å². The van der Waals surface area contributed by atoms with Gasteiger partial charge in [-0.1, -0.05) is 6.07 Å². The highest BCUT2D eigenvalue weighted by molar-refractivity contribution is 5.98. The second-order valence-corrected chi connectivity index (χ2v) is 6.03. The van der Waals surface area contributed by atoms with Gasteiger partial charge in [-0.2, -0.15) is 9.67 Å². The molecule has 0 bridgehead atoms. The molecule has 134 valence electrons. The third-order valence-corrected chi connectivity index (χ3v) is 4.28. The summed E-state index contributed by atoms with van der Waals surface area (Å²) in [7, 11) is 0. The molecule has 0 spiro atoms. The fourth-order valence-electron chi connectivity index (χ4n) is 2.97. The maximum Gasteiger partial charge on any atom is 0.271 e. The number of nitrogen functional groups attached to an aromatic ring is 1. The van der Waals surface area contributed by atoms with Crippen LogP contribution in [0.1, 0.15) is 16.1 Å². The molecule has 1 amide bonds. The fraction of sp³-hybridized carbons (Fsp3) is 0.0526. The zero-order chi connectivity index (χ0) is 18.8. The summed E-state index contributed by atoms with van der Waals surface area (Å²) in [6.45, 7) is 1.95. The van der Waals surface area contributed by atoms with Gasteiger partial charge in [0.15, 0.2) is 0 Å². The molecule has 0 atom stereocenters. The number of hydrogen-bond acceptors (Lipinski definition) is 5. The first-order valence-electron chi connectivity index (χ1n) is 8.35. The lowest BCUT2D eigenvalue weighted by Gasteiger charge is -2.14. The van der Waals surface area contributed by atoms with E-state index in [1.54, 1.807) is 18.5 Å². The van der Waals surface area contributed by atoms with Crippen LogP contribution in [0.5, 0.6) is 0 Å². The summed E-state index contributed by atoms with van der Waals surface area (Å²) in [6, 6.07) is 15.0. The van der Waals surface area contributed by atoms with E-state index < -0.39 is 5.91 Å². The number of fused-ring (bicyclic) bond motifs is 1. The second-order valence-electron chi connectivity index (χ2n) is 6.03. The minimum atomic E-state index is -0.398. The number of carbonyl (C=O) groups excluding carboxylic acids is 1. The summed E-state index contributed by atoms with van der Waals surface area (Å²) in [5, 5.41) is 11.3. The number of benzene rings is 1. The van der Waals surface area contributed by atoms with Crippen molar-refractivity contribution in [2.75, 3.05) is 5.32 Å². The highest BCUT2D eigenvalue weighted by Crippen LogP contribution is 2.23. The van der Waals surface area contributed by atoms with Crippen molar-refractivity contribution < 1.29 is 9.36 Å². The SMILES string of the molecule is Cc1ccc(C(=O)NN)c(Nc2ccc3cn[nH]c3c2)[n+]1-c1ccccn1. The van der Waals surface area contributed by atoms with Crippen molar-refractivity contribution in [3.8, 4) is 5.82 Å².